The molecule has 0 amide bonds. The Labute approximate surface area is 96.8 Å². The van der Waals surface area contributed by atoms with Crippen LogP contribution in [0.5, 0.6) is 0 Å². The van der Waals surface area contributed by atoms with Crippen molar-refractivity contribution in [2.75, 3.05) is 0 Å². The molecule has 0 aliphatic heterocycles. The molecule has 1 heterocycles. The fraction of sp³-hybridized carbons (Fsp3) is 0.143. The van der Waals surface area contributed by atoms with Crippen molar-refractivity contribution in [3.05, 3.63) is 26.0 Å². The Morgan fingerprint density at radius 1 is 1.69 bits per heavy atom. The largest absolute Gasteiger partial charge is 0.480 e. The summed E-state index contributed by atoms with van der Waals surface area (Å²) in [5.41, 5.74) is 5.72. The van der Waals surface area contributed by atoms with Gasteiger partial charge < -0.3 is 10.8 Å². The molecule has 1 atom stereocenters. The minimum Gasteiger partial charge on any atom is -0.480 e. The summed E-state index contributed by atoms with van der Waals surface area (Å²) in [5, 5.41) is 8.61. The molecule has 0 aliphatic carbocycles. The van der Waals surface area contributed by atoms with Crippen LogP contribution in [-0.4, -0.2) is 16.1 Å². The molecule has 0 spiro atoms. The highest BCUT2D eigenvalue weighted by molar-refractivity contribution is 14.1. The second-order valence-corrected chi connectivity index (χ2v) is 4.24. The van der Waals surface area contributed by atoms with E-state index in [4.69, 9.17) is 10.8 Å². The van der Waals surface area contributed by atoms with Crippen LogP contribution in [0.2, 0.25) is 0 Å². The third-order valence-corrected chi connectivity index (χ3v) is 3.63. The lowest BCUT2D eigenvalue weighted by Gasteiger charge is -2.06. The average Bonchev–Trinajstić information content (AvgIpc) is 2.08. The van der Waals surface area contributed by atoms with Crippen LogP contribution < -0.4 is 5.73 Å². The molecule has 0 saturated carbocycles. The molecular weight excluding hydrogens is 351 g/mol. The minimum absolute atomic E-state index is 0.347. The zero-order chi connectivity index (χ0) is 10.0. The van der Waals surface area contributed by atoms with Crippen LogP contribution in [0, 0.1) is 3.57 Å². The standard InChI is InChI=1S/C7H6BrIN2O2/c8-6-3(9)1-2-4(11-6)5(10)7(12)13/h1-2,5H,10H2,(H,12,13)/t5-/m1/s1. The topological polar surface area (TPSA) is 76.2 Å². The number of carboxylic acid groups (broad SMARTS) is 1. The van der Waals surface area contributed by atoms with Crippen LogP contribution in [0.15, 0.2) is 16.7 Å². The summed E-state index contributed by atoms with van der Waals surface area (Å²) in [6.45, 7) is 0. The average molecular weight is 357 g/mol. The maximum absolute atomic E-state index is 10.5. The highest BCUT2D eigenvalue weighted by atomic mass is 127. The van der Waals surface area contributed by atoms with Crippen molar-refractivity contribution in [2.45, 2.75) is 6.04 Å². The van der Waals surface area contributed by atoms with E-state index in [0.29, 0.717) is 10.3 Å². The van der Waals surface area contributed by atoms with Gasteiger partial charge >= 0.3 is 5.97 Å². The lowest BCUT2D eigenvalue weighted by atomic mass is 10.2. The Hall–Kier alpha value is -0.210. The van der Waals surface area contributed by atoms with E-state index < -0.39 is 12.0 Å². The molecule has 6 heteroatoms. The smallest absolute Gasteiger partial charge is 0.326 e. The van der Waals surface area contributed by atoms with E-state index in [2.05, 4.69) is 43.5 Å². The van der Waals surface area contributed by atoms with E-state index in [0.717, 1.165) is 3.57 Å². The van der Waals surface area contributed by atoms with Crippen LogP contribution in [0.3, 0.4) is 0 Å². The van der Waals surface area contributed by atoms with Crippen molar-refractivity contribution >= 4 is 44.5 Å². The van der Waals surface area contributed by atoms with E-state index in [1.165, 1.54) is 0 Å². The number of nitrogens with two attached hydrogens (primary N) is 1. The van der Waals surface area contributed by atoms with Gasteiger partial charge in [-0.05, 0) is 50.7 Å². The van der Waals surface area contributed by atoms with Crippen LogP contribution >= 0.6 is 38.5 Å². The van der Waals surface area contributed by atoms with Crippen molar-refractivity contribution in [2.24, 2.45) is 5.73 Å². The van der Waals surface area contributed by atoms with Gasteiger partial charge in [0.2, 0.25) is 0 Å². The Bertz CT molecular complexity index is 345. The second kappa shape index (κ2) is 4.34. The molecule has 4 nitrogen and oxygen atoms in total. The Kier molecular flexibility index (Phi) is 3.63. The first-order valence-corrected chi connectivity index (χ1v) is 5.20. The number of pyridine rings is 1. The van der Waals surface area contributed by atoms with Gasteiger partial charge in [-0.3, -0.25) is 4.79 Å². The monoisotopic (exact) mass is 356 g/mol. The van der Waals surface area contributed by atoms with E-state index >= 15 is 0 Å². The summed E-state index contributed by atoms with van der Waals surface area (Å²) in [6.07, 6.45) is 0. The molecular formula is C7H6BrIN2O2. The molecule has 1 rings (SSSR count). The first-order chi connectivity index (χ1) is 6.02. The fourth-order valence-corrected chi connectivity index (χ4v) is 1.37. The third kappa shape index (κ3) is 2.61. The molecule has 0 radical (unpaired) electrons. The summed E-state index contributed by atoms with van der Waals surface area (Å²) >= 11 is 5.28. The van der Waals surface area contributed by atoms with Gasteiger partial charge in [0.25, 0.3) is 0 Å². The zero-order valence-corrected chi connectivity index (χ0v) is 10.1. The molecule has 0 fully saturated rings. The van der Waals surface area contributed by atoms with E-state index in [1.807, 2.05) is 0 Å². The number of hydrogen-bond acceptors (Lipinski definition) is 3. The summed E-state index contributed by atoms with van der Waals surface area (Å²) in [5.74, 6) is -1.08. The summed E-state index contributed by atoms with van der Waals surface area (Å²) in [6, 6.07) is 2.30. The summed E-state index contributed by atoms with van der Waals surface area (Å²) in [7, 11) is 0. The predicted molar refractivity (Wildman–Crippen MR) is 59.2 cm³/mol. The van der Waals surface area contributed by atoms with Gasteiger partial charge in [0.15, 0.2) is 0 Å². The molecule has 0 aromatic carbocycles. The first kappa shape index (κ1) is 10.9. The Morgan fingerprint density at radius 3 is 2.77 bits per heavy atom. The predicted octanol–water partition coefficient (Wildman–Crippen LogP) is 1.53. The van der Waals surface area contributed by atoms with E-state index in [1.54, 1.807) is 12.1 Å². The van der Waals surface area contributed by atoms with Crippen molar-refractivity contribution in [3.8, 4) is 0 Å². The van der Waals surface area contributed by atoms with Crippen molar-refractivity contribution in [1.82, 2.24) is 4.98 Å². The van der Waals surface area contributed by atoms with Gasteiger partial charge in [0.1, 0.15) is 10.6 Å². The van der Waals surface area contributed by atoms with Gasteiger partial charge in [-0.15, -0.1) is 0 Å². The number of carboxylic acids is 1. The highest BCUT2D eigenvalue weighted by Crippen LogP contribution is 2.18. The third-order valence-electron chi connectivity index (χ3n) is 1.41. The SMILES string of the molecule is N[C@@H](C(=O)O)c1ccc(I)c(Br)n1. The van der Waals surface area contributed by atoms with Gasteiger partial charge in [-0.2, -0.15) is 0 Å². The van der Waals surface area contributed by atoms with E-state index in [-0.39, 0.29) is 0 Å². The van der Waals surface area contributed by atoms with Gasteiger partial charge in [0.05, 0.1) is 5.69 Å². The minimum atomic E-state index is -1.08. The molecule has 0 bridgehead atoms. The lowest BCUT2D eigenvalue weighted by molar-refractivity contribution is -0.138. The number of nitrogens with zero attached hydrogens (tertiary/aromatic N) is 1. The van der Waals surface area contributed by atoms with E-state index in [9.17, 15) is 4.79 Å². The molecule has 13 heavy (non-hydrogen) atoms. The molecule has 1 aromatic heterocycles. The Morgan fingerprint density at radius 2 is 2.31 bits per heavy atom. The zero-order valence-electron chi connectivity index (χ0n) is 6.37. The maximum atomic E-state index is 10.5. The molecule has 0 aliphatic rings. The van der Waals surface area contributed by atoms with Crippen LogP contribution in [0.25, 0.3) is 0 Å². The molecule has 1 aromatic rings. The van der Waals surface area contributed by atoms with Crippen LogP contribution in [0.4, 0.5) is 0 Å². The number of hydrogen-bond donors (Lipinski definition) is 2. The number of carbonyl (C=O) groups is 1. The summed E-state index contributed by atoms with van der Waals surface area (Å²) < 4.78 is 1.53. The second-order valence-electron chi connectivity index (χ2n) is 2.32. The highest BCUT2D eigenvalue weighted by Gasteiger charge is 2.16. The molecule has 0 saturated heterocycles. The lowest BCUT2D eigenvalue weighted by Crippen LogP contribution is -2.21. The van der Waals surface area contributed by atoms with Crippen molar-refractivity contribution in [3.63, 3.8) is 0 Å². The van der Waals surface area contributed by atoms with Crippen LogP contribution in [0.1, 0.15) is 11.7 Å². The normalized spacial score (nSPS) is 12.5. The van der Waals surface area contributed by atoms with Crippen molar-refractivity contribution in [1.29, 1.82) is 0 Å². The maximum Gasteiger partial charge on any atom is 0.326 e. The fourth-order valence-electron chi connectivity index (χ4n) is 0.731. The molecule has 70 valence electrons. The summed E-state index contributed by atoms with van der Waals surface area (Å²) in [4.78, 5) is 14.5. The Balaban J connectivity index is 3.03. The number of halogens is 2. The number of aromatic nitrogens is 1. The quantitative estimate of drug-likeness (QED) is 0.622. The first-order valence-electron chi connectivity index (χ1n) is 3.32. The van der Waals surface area contributed by atoms with Crippen LogP contribution in [-0.2, 0) is 4.79 Å². The van der Waals surface area contributed by atoms with Crippen molar-refractivity contribution < 1.29 is 9.90 Å². The number of rotatable bonds is 2. The van der Waals surface area contributed by atoms with Gasteiger partial charge in [0, 0.05) is 3.57 Å². The molecule has 3 N–H and O–H groups in total. The van der Waals surface area contributed by atoms with Gasteiger partial charge in [-0.25, -0.2) is 4.98 Å². The van der Waals surface area contributed by atoms with Gasteiger partial charge in [-0.1, -0.05) is 0 Å². The molecule has 0 unspecified atom stereocenters. The number of aliphatic carboxylic acids is 1.